The topological polar surface area (TPSA) is 227 Å². The third-order valence-electron chi connectivity index (χ3n) is 6.39. The molecule has 0 unspecified atom stereocenters. The Morgan fingerprint density at radius 2 is 0.652 bits per heavy atom. The van der Waals surface area contributed by atoms with Crippen LogP contribution in [0.4, 0.5) is 0 Å². The van der Waals surface area contributed by atoms with Gasteiger partial charge >= 0.3 is 20.8 Å². The van der Waals surface area contributed by atoms with E-state index in [1.807, 2.05) is 0 Å². The summed E-state index contributed by atoms with van der Waals surface area (Å²) in [5.41, 5.74) is -0.426. The Kier molecular flexibility index (Phi) is 44.4. The van der Waals surface area contributed by atoms with Crippen LogP contribution in [-0.2, 0) is 39.7 Å². The van der Waals surface area contributed by atoms with Gasteiger partial charge in [-0.15, -0.1) is 0 Å². The van der Waals surface area contributed by atoms with E-state index in [9.17, 15) is 0 Å². The van der Waals surface area contributed by atoms with Crippen molar-refractivity contribution in [1.82, 2.24) is 0 Å². The normalized spacial score (nSPS) is 11.7. The minimum absolute atomic E-state index is 0. The summed E-state index contributed by atoms with van der Waals surface area (Å²) >= 11 is 0. The van der Waals surface area contributed by atoms with Gasteiger partial charge in [-0.1, -0.05) is 104 Å². The predicted octanol–water partition coefficient (Wildman–Crippen LogP) is 4.62. The summed E-state index contributed by atoms with van der Waals surface area (Å²) in [6.07, 6.45) is 20.4. The molecule has 0 aromatic heterocycles. The van der Waals surface area contributed by atoms with E-state index < -0.39 is 26.2 Å². The van der Waals surface area contributed by atoms with E-state index in [2.05, 4.69) is 13.8 Å². The van der Waals surface area contributed by atoms with E-state index >= 15 is 0 Å². The minimum Gasteiger partial charge on any atom is -0.394 e. The summed E-state index contributed by atoms with van der Waals surface area (Å²) in [5.74, 6) is 0. The average molecular weight is 724 g/mol. The Labute approximate surface area is 301 Å². The van der Waals surface area contributed by atoms with Crippen LogP contribution in [0.2, 0.25) is 0 Å². The molecule has 6 N–H and O–H groups in total. The zero-order valence-electron chi connectivity index (χ0n) is 28.7. The van der Waals surface area contributed by atoms with Crippen molar-refractivity contribution in [2.45, 2.75) is 117 Å². The van der Waals surface area contributed by atoms with Crippen LogP contribution in [0.15, 0.2) is 0 Å². The second-order valence-electron chi connectivity index (χ2n) is 11.0. The number of hydrogen-bond acceptors (Lipinski definition) is 10. The van der Waals surface area contributed by atoms with Gasteiger partial charge in [0.25, 0.3) is 0 Å². The number of hydrogen-bond donors (Lipinski definition) is 6. The molecule has 1 radical (unpaired) electrons. The molecule has 0 heterocycles. The molecule has 46 heavy (non-hydrogen) atoms. The van der Waals surface area contributed by atoms with Crippen LogP contribution in [0.5, 0.6) is 0 Å². The van der Waals surface area contributed by atoms with Crippen molar-refractivity contribution < 1.29 is 64.2 Å². The molecule has 0 aromatic carbocycles. The Morgan fingerprint density at radius 1 is 0.435 bits per heavy atom. The van der Waals surface area contributed by atoms with E-state index in [4.69, 9.17) is 64.2 Å². The zero-order valence-corrected chi connectivity index (χ0v) is 32.3. The first-order chi connectivity index (χ1) is 21.2. The second-order valence-corrected chi connectivity index (χ2v) is 12.8. The summed E-state index contributed by atoms with van der Waals surface area (Å²) < 4.78 is 86.8. The van der Waals surface area contributed by atoms with Gasteiger partial charge in [-0.3, -0.25) is 18.2 Å². The maximum absolute atomic E-state index is 9.15. The van der Waals surface area contributed by atoms with Crippen molar-refractivity contribution in [3.63, 3.8) is 0 Å². The Balaban J connectivity index is -0.000000690. The van der Waals surface area contributed by atoms with E-state index in [1.165, 1.54) is 89.9 Å². The molecule has 17 heteroatoms. The van der Waals surface area contributed by atoms with Gasteiger partial charge in [0.1, 0.15) is 0 Å². The fourth-order valence-electron chi connectivity index (χ4n) is 4.21. The van der Waals surface area contributed by atoms with Crippen molar-refractivity contribution >= 4 is 50.4 Å². The number of rotatable bonds is 30. The standard InChI is InChI=1S/C29H60O6.Na.2H2O4S/c1-3-5-7-9-11-13-15-17-21-32-25-29(27-34-23-19-30,28-35-24-20-31)26-33-22-18-16-14-12-10-8-6-4-2;;2*1-5(2,3)4/h30-31H,3-28H2,1-2H3;;2*(H2,1,2,3,4). The summed E-state index contributed by atoms with van der Waals surface area (Å²) in [5, 5.41) is 18.3. The van der Waals surface area contributed by atoms with Gasteiger partial charge in [-0.2, -0.15) is 16.8 Å². The maximum atomic E-state index is 9.15. The van der Waals surface area contributed by atoms with E-state index in [0.717, 1.165) is 26.1 Å². The van der Waals surface area contributed by atoms with Crippen LogP contribution in [-0.4, -0.2) is 141 Å². The number of ether oxygens (including phenoxy) is 4. The first kappa shape index (κ1) is 53.3. The molecule has 0 atom stereocenters. The molecule has 277 valence electrons. The molecule has 0 aliphatic heterocycles. The van der Waals surface area contributed by atoms with Gasteiger partial charge in [0, 0.05) is 42.8 Å². The van der Waals surface area contributed by atoms with Crippen LogP contribution >= 0.6 is 0 Å². The van der Waals surface area contributed by atoms with Crippen LogP contribution in [0.1, 0.15) is 117 Å². The van der Waals surface area contributed by atoms with Gasteiger partial charge in [0.15, 0.2) is 0 Å². The molecule has 0 amide bonds. The molecule has 0 aromatic rings. The number of unbranched alkanes of at least 4 members (excludes halogenated alkanes) is 14. The molecule has 0 bridgehead atoms. The van der Waals surface area contributed by atoms with Crippen molar-refractivity contribution in [3.05, 3.63) is 0 Å². The maximum Gasteiger partial charge on any atom is 0.394 e. The molecular weight excluding hydrogens is 659 g/mol. The fourth-order valence-corrected chi connectivity index (χ4v) is 4.21. The molecule has 0 aliphatic carbocycles. The molecule has 0 rings (SSSR count). The Bertz CT molecular complexity index is 720. The number of aliphatic hydroxyl groups is 2. The number of aliphatic hydroxyl groups excluding tert-OH is 2. The van der Waals surface area contributed by atoms with E-state index in [-0.39, 0.29) is 56.0 Å². The first-order valence-electron chi connectivity index (χ1n) is 16.2. The van der Waals surface area contributed by atoms with Crippen molar-refractivity contribution in [1.29, 1.82) is 0 Å². The smallest absolute Gasteiger partial charge is 0.394 e. The summed E-state index contributed by atoms with van der Waals surface area (Å²) in [6, 6.07) is 0. The van der Waals surface area contributed by atoms with Gasteiger partial charge in [0.2, 0.25) is 0 Å². The predicted molar refractivity (Wildman–Crippen MR) is 179 cm³/mol. The van der Waals surface area contributed by atoms with Gasteiger partial charge < -0.3 is 29.2 Å². The fraction of sp³-hybridized carbons (Fsp3) is 1.00. The van der Waals surface area contributed by atoms with Crippen LogP contribution in [0, 0.1) is 5.41 Å². The van der Waals surface area contributed by atoms with Crippen molar-refractivity contribution in [2.24, 2.45) is 5.41 Å². The van der Waals surface area contributed by atoms with Crippen LogP contribution in [0.3, 0.4) is 0 Å². The van der Waals surface area contributed by atoms with Crippen LogP contribution < -0.4 is 0 Å². The molecule has 0 spiro atoms. The average Bonchev–Trinajstić information content (AvgIpc) is 2.93. The summed E-state index contributed by atoms with van der Waals surface area (Å²) in [7, 11) is -9.33. The largest absolute Gasteiger partial charge is 0.394 e. The van der Waals surface area contributed by atoms with Crippen molar-refractivity contribution in [2.75, 3.05) is 66.1 Å². The molecule has 0 saturated carbocycles. The summed E-state index contributed by atoms with van der Waals surface area (Å²) in [4.78, 5) is 0. The second kappa shape index (κ2) is 38.3. The van der Waals surface area contributed by atoms with Gasteiger partial charge in [-0.25, -0.2) is 0 Å². The first-order valence-corrected chi connectivity index (χ1v) is 19.0. The molecule has 14 nitrogen and oxygen atoms in total. The van der Waals surface area contributed by atoms with Crippen LogP contribution in [0.25, 0.3) is 0 Å². The zero-order chi connectivity index (χ0) is 34.7. The van der Waals surface area contributed by atoms with E-state index in [1.54, 1.807) is 0 Å². The SMILES string of the molecule is CCCCCCCCCCOCC(COCCO)(COCCO)COCCCCCCCCCC.O=S(=O)(O)O.O=S(=O)(O)O.[Na]. The Hall–Kier alpha value is 0.500. The quantitative estimate of drug-likeness (QED) is 0.0338. The monoisotopic (exact) mass is 723 g/mol. The molecule has 0 fully saturated rings. The third-order valence-corrected chi connectivity index (χ3v) is 6.39. The van der Waals surface area contributed by atoms with Gasteiger partial charge in [-0.05, 0) is 12.8 Å². The molecule has 0 saturated heterocycles. The third kappa shape index (κ3) is 56.8. The minimum atomic E-state index is -4.67. The van der Waals surface area contributed by atoms with Crippen molar-refractivity contribution in [3.8, 4) is 0 Å². The molecular formula is C29H64NaO14S2. The van der Waals surface area contributed by atoms with E-state index in [0.29, 0.717) is 26.4 Å². The molecule has 0 aliphatic rings. The summed E-state index contributed by atoms with van der Waals surface area (Å²) in [6.45, 7) is 8.35. The van der Waals surface area contributed by atoms with Gasteiger partial charge in [0.05, 0.1) is 58.3 Å². The Morgan fingerprint density at radius 3 is 0.891 bits per heavy atom.